The number of β-amino-alcohol motifs (C(OH)–C–C–N with tert-alkyl or cyclic N) is 1. The fraction of sp³-hybridized carbons (Fsp3) is 0.353. The van der Waals surface area contributed by atoms with Gasteiger partial charge in [0.05, 0.1) is 11.6 Å². The van der Waals surface area contributed by atoms with Crippen LogP contribution in [-0.4, -0.2) is 23.8 Å². The van der Waals surface area contributed by atoms with E-state index in [4.69, 9.17) is 0 Å². The van der Waals surface area contributed by atoms with E-state index in [0.717, 1.165) is 16.5 Å². The Morgan fingerprint density at radius 1 is 1.10 bits per heavy atom. The lowest BCUT2D eigenvalue weighted by molar-refractivity contribution is -0.00914. The van der Waals surface area contributed by atoms with Crippen LogP contribution in [0.2, 0.25) is 0 Å². The highest BCUT2D eigenvalue weighted by molar-refractivity contribution is 5.98. The van der Waals surface area contributed by atoms with E-state index in [2.05, 4.69) is 17.0 Å². The molecule has 0 spiro atoms. The molecule has 0 radical (unpaired) electrons. The first-order valence-electron chi connectivity index (χ1n) is 7.10. The molecule has 4 rings (SSSR count). The molecular weight excluding hydrogens is 248 g/mol. The minimum absolute atomic E-state index is 0.477. The largest absolute Gasteiger partial charge is 0.386 e. The van der Waals surface area contributed by atoms with E-state index in [9.17, 15) is 10.4 Å². The Bertz CT molecular complexity index is 721. The average molecular weight is 264 g/mol. The minimum Gasteiger partial charge on any atom is -0.386 e. The van der Waals surface area contributed by atoms with Crippen LogP contribution in [0.3, 0.4) is 0 Å². The number of hydrogen-bond acceptors (Lipinski definition) is 3. The Balaban J connectivity index is 1.73. The molecule has 0 amide bonds. The SMILES string of the molecule is N#Cc1ccc(N2CC(O)(C3CC3)C2)c2ccccc12. The summed E-state index contributed by atoms with van der Waals surface area (Å²) in [7, 11) is 0. The van der Waals surface area contributed by atoms with Gasteiger partial charge < -0.3 is 10.0 Å². The van der Waals surface area contributed by atoms with E-state index < -0.39 is 5.60 Å². The van der Waals surface area contributed by atoms with Crippen molar-refractivity contribution in [3.8, 4) is 6.07 Å². The van der Waals surface area contributed by atoms with Gasteiger partial charge in [-0.25, -0.2) is 0 Å². The number of rotatable bonds is 2. The average Bonchev–Trinajstić information content (AvgIpc) is 3.28. The second-order valence-electron chi connectivity index (χ2n) is 6.02. The van der Waals surface area contributed by atoms with Gasteiger partial charge in [0, 0.05) is 29.5 Å². The Morgan fingerprint density at radius 3 is 2.45 bits per heavy atom. The number of anilines is 1. The molecule has 1 N–H and O–H groups in total. The first kappa shape index (κ1) is 11.7. The first-order chi connectivity index (χ1) is 9.71. The predicted molar refractivity (Wildman–Crippen MR) is 78.5 cm³/mol. The van der Waals surface area contributed by atoms with Crippen LogP contribution in [0.15, 0.2) is 36.4 Å². The van der Waals surface area contributed by atoms with Gasteiger partial charge in [-0.05, 0) is 30.9 Å². The van der Waals surface area contributed by atoms with E-state index in [1.807, 2.05) is 30.3 Å². The van der Waals surface area contributed by atoms with Gasteiger partial charge in [-0.3, -0.25) is 0 Å². The molecule has 1 heterocycles. The maximum Gasteiger partial charge on any atom is 0.102 e. The van der Waals surface area contributed by atoms with E-state index in [1.54, 1.807) is 0 Å². The second-order valence-corrected chi connectivity index (χ2v) is 6.02. The maximum atomic E-state index is 10.5. The molecule has 2 aromatic rings. The van der Waals surface area contributed by atoms with Gasteiger partial charge in [0.25, 0.3) is 0 Å². The lowest BCUT2D eigenvalue weighted by Gasteiger charge is -2.48. The Hall–Kier alpha value is -2.05. The molecule has 0 unspecified atom stereocenters. The molecule has 1 saturated heterocycles. The van der Waals surface area contributed by atoms with Crippen LogP contribution in [0.25, 0.3) is 10.8 Å². The van der Waals surface area contributed by atoms with E-state index in [1.165, 1.54) is 12.8 Å². The van der Waals surface area contributed by atoms with E-state index in [0.29, 0.717) is 24.6 Å². The van der Waals surface area contributed by atoms with Gasteiger partial charge in [-0.1, -0.05) is 24.3 Å². The molecule has 2 aromatic carbocycles. The topological polar surface area (TPSA) is 47.3 Å². The Labute approximate surface area is 118 Å². The van der Waals surface area contributed by atoms with Crippen LogP contribution in [0.1, 0.15) is 18.4 Å². The fourth-order valence-electron chi connectivity index (χ4n) is 3.32. The molecule has 2 aliphatic rings. The highest BCUT2D eigenvalue weighted by Gasteiger charge is 2.52. The van der Waals surface area contributed by atoms with Crippen molar-refractivity contribution in [1.82, 2.24) is 0 Å². The van der Waals surface area contributed by atoms with Crippen LogP contribution in [0.5, 0.6) is 0 Å². The van der Waals surface area contributed by atoms with Crippen LogP contribution < -0.4 is 4.90 Å². The van der Waals surface area contributed by atoms with Crippen molar-refractivity contribution in [2.45, 2.75) is 18.4 Å². The third-order valence-corrected chi connectivity index (χ3v) is 4.63. The maximum absolute atomic E-state index is 10.5. The van der Waals surface area contributed by atoms with E-state index >= 15 is 0 Å². The molecule has 3 nitrogen and oxygen atoms in total. The number of nitrogens with zero attached hydrogens (tertiary/aromatic N) is 2. The lowest BCUT2D eigenvalue weighted by Crippen LogP contribution is -2.63. The van der Waals surface area contributed by atoms with E-state index in [-0.39, 0.29) is 0 Å². The van der Waals surface area contributed by atoms with Gasteiger partial charge in [0.15, 0.2) is 0 Å². The van der Waals surface area contributed by atoms with Gasteiger partial charge in [0.2, 0.25) is 0 Å². The number of hydrogen-bond donors (Lipinski definition) is 1. The van der Waals surface area contributed by atoms with Crippen LogP contribution in [0, 0.1) is 17.2 Å². The molecule has 1 aliphatic carbocycles. The van der Waals surface area contributed by atoms with Crippen molar-refractivity contribution >= 4 is 16.5 Å². The number of benzene rings is 2. The molecular formula is C17H16N2O. The highest BCUT2D eigenvalue weighted by Crippen LogP contribution is 2.46. The normalized spacial score (nSPS) is 20.5. The standard InChI is InChI=1S/C17H16N2O/c18-9-12-5-8-16(15-4-2-1-3-14(12)15)19-10-17(20,11-19)13-6-7-13/h1-5,8,13,20H,6-7,10-11H2. The summed E-state index contributed by atoms with van der Waals surface area (Å²) in [6.45, 7) is 1.43. The molecule has 0 aromatic heterocycles. The molecule has 2 fully saturated rings. The second kappa shape index (κ2) is 3.97. The summed E-state index contributed by atoms with van der Waals surface area (Å²) < 4.78 is 0. The lowest BCUT2D eigenvalue weighted by atomic mass is 9.87. The number of aliphatic hydroxyl groups is 1. The quantitative estimate of drug-likeness (QED) is 0.907. The summed E-state index contributed by atoms with van der Waals surface area (Å²) >= 11 is 0. The molecule has 100 valence electrons. The number of nitriles is 1. The zero-order chi connectivity index (χ0) is 13.7. The number of fused-ring (bicyclic) bond motifs is 1. The van der Waals surface area contributed by atoms with Gasteiger partial charge in [-0.15, -0.1) is 0 Å². The summed E-state index contributed by atoms with van der Waals surface area (Å²) in [4.78, 5) is 2.22. The van der Waals surface area contributed by atoms with Crippen LogP contribution >= 0.6 is 0 Å². The molecule has 0 atom stereocenters. The zero-order valence-corrected chi connectivity index (χ0v) is 11.2. The Kier molecular flexibility index (Phi) is 2.33. The van der Waals surface area contributed by atoms with Crippen LogP contribution in [0.4, 0.5) is 5.69 Å². The molecule has 1 aliphatic heterocycles. The summed E-state index contributed by atoms with van der Waals surface area (Å²) in [5.74, 6) is 0.503. The van der Waals surface area contributed by atoms with Crippen molar-refractivity contribution in [3.05, 3.63) is 42.0 Å². The fourth-order valence-corrected chi connectivity index (χ4v) is 3.32. The smallest absolute Gasteiger partial charge is 0.102 e. The summed E-state index contributed by atoms with van der Waals surface area (Å²) in [6.07, 6.45) is 2.33. The minimum atomic E-state index is -0.477. The van der Waals surface area contributed by atoms with Crippen molar-refractivity contribution in [2.24, 2.45) is 5.92 Å². The third-order valence-electron chi connectivity index (χ3n) is 4.63. The summed E-state index contributed by atoms with van der Waals surface area (Å²) in [6, 6.07) is 14.1. The monoisotopic (exact) mass is 264 g/mol. The van der Waals surface area contributed by atoms with Crippen LogP contribution in [-0.2, 0) is 0 Å². The molecule has 20 heavy (non-hydrogen) atoms. The first-order valence-corrected chi connectivity index (χ1v) is 7.10. The van der Waals surface area contributed by atoms with Crippen molar-refractivity contribution in [3.63, 3.8) is 0 Å². The molecule has 0 bridgehead atoms. The third kappa shape index (κ3) is 1.62. The molecule has 3 heteroatoms. The van der Waals surface area contributed by atoms with Gasteiger partial charge in [0.1, 0.15) is 5.60 Å². The summed E-state index contributed by atoms with van der Waals surface area (Å²) in [5.41, 5.74) is 1.36. The molecule has 1 saturated carbocycles. The zero-order valence-electron chi connectivity index (χ0n) is 11.2. The van der Waals surface area contributed by atoms with Crippen molar-refractivity contribution in [1.29, 1.82) is 5.26 Å². The summed E-state index contributed by atoms with van der Waals surface area (Å²) in [5, 5.41) is 21.8. The Morgan fingerprint density at radius 2 is 1.80 bits per heavy atom. The van der Waals surface area contributed by atoms with Gasteiger partial charge >= 0.3 is 0 Å². The van der Waals surface area contributed by atoms with Crippen molar-refractivity contribution in [2.75, 3.05) is 18.0 Å². The van der Waals surface area contributed by atoms with Gasteiger partial charge in [-0.2, -0.15) is 5.26 Å². The highest BCUT2D eigenvalue weighted by atomic mass is 16.3. The van der Waals surface area contributed by atoms with Crippen molar-refractivity contribution < 1.29 is 5.11 Å². The predicted octanol–water partition coefficient (Wildman–Crippen LogP) is 2.67.